The first kappa shape index (κ1) is 20.7. The first-order valence-electron chi connectivity index (χ1n) is 9.01. The minimum Gasteiger partial charge on any atom is -0.326 e. The molecule has 152 valence electrons. The number of hydrogen-bond acceptors (Lipinski definition) is 4. The lowest BCUT2D eigenvalue weighted by atomic mass is 10.2. The highest BCUT2D eigenvalue weighted by Crippen LogP contribution is 2.28. The molecular formula is C20H21FN4O3S. The number of hydrogen-bond donors (Lipinski definition) is 3. The summed E-state index contributed by atoms with van der Waals surface area (Å²) in [6.07, 6.45) is 2.24. The van der Waals surface area contributed by atoms with E-state index >= 15 is 0 Å². The number of thioether (sulfide) groups is 1. The van der Waals surface area contributed by atoms with Gasteiger partial charge in [0.25, 0.3) is 0 Å². The summed E-state index contributed by atoms with van der Waals surface area (Å²) < 4.78 is 13.9. The van der Waals surface area contributed by atoms with E-state index < -0.39 is 23.8 Å². The van der Waals surface area contributed by atoms with E-state index in [0.29, 0.717) is 23.5 Å². The van der Waals surface area contributed by atoms with Gasteiger partial charge in [0.2, 0.25) is 11.8 Å². The van der Waals surface area contributed by atoms with Crippen molar-refractivity contribution >= 4 is 46.7 Å². The lowest BCUT2D eigenvalue weighted by Gasteiger charge is -2.30. The van der Waals surface area contributed by atoms with Crippen LogP contribution in [0, 0.1) is 5.82 Å². The lowest BCUT2D eigenvalue weighted by Crippen LogP contribution is -2.53. The molecule has 0 aliphatic carbocycles. The molecule has 2 aromatic carbocycles. The van der Waals surface area contributed by atoms with Gasteiger partial charge >= 0.3 is 6.03 Å². The molecule has 7 nitrogen and oxygen atoms in total. The van der Waals surface area contributed by atoms with Crippen LogP contribution in [0.25, 0.3) is 0 Å². The topological polar surface area (TPSA) is 90.5 Å². The van der Waals surface area contributed by atoms with Crippen molar-refractivity contribution < 1.29 is 18.8 Å². The van der Waals surface area contributed by atoms with E-state index in [9.17, 15) is 18.8 Å². The van der Waals surface area contributed by atoms with Crippen LogP contribution in [0.15, 0.2) is 48.5 Å². The van der Waals surface area contributed by atoms with E-state index in [-0.39, 0.29) is 18.1 Å². The molecule has 3 rings (SSSR count). The third kappa shape index (κ3) is 5.05. The molecule has 1 heterocycles. The number of para-hydroxylation sites is 3. The molecule has 0 bridgehead atoms. The van der Waals surface area contributed by atoms with Crippen molar-refractivity contribution in [3.05, 3.63) is 54.3 Å². The van der Waals surface area contributed by atoms with Crippen molar-refractivity contribution in [1.29, 1.82) is 0 Å². The van der Waals surface area contributed by atoms with Crippen LogP contribution in [-0.4, -0.2) is 42.4 Å². The fourth-order valence-corrected chi connectivity index (χ4v) is 3.40. The maximum Gasteiger partial charge on any atom is 0.323 e. The van der Waals surface area contributed by atoms with Gasteiger partial charge in [-0.25, -0.2) is 9.18 Å². The zero-order valence-electron chi connectivity index (χ0n) is 15.8. The number of nitrogens with zero attached hydrogens (tertiary/aromatic N) is 1. The largest absolute Gasteiger partial charge is 0.326 e. The van der Waals surface area contributed by atoms with Gasteiger partial charge in [-0.05, 0) is 42.7 Å². The quantitative estimate of drug-likeness (QED) is 0.675. The molecule has 0 fully saturated rings. The summed E-state index contributed by atoms with van der Waals surface area (Å²) in [6, 6.07) is 11.3. The van der Waals surface area contributed by atoms with Crippen molar-refractivity contribution in [3.8, 4) is 0 Å². The maximum absolute atomic E-state index is 13.9. The molecule has 1 atom stereocenters. The fourth-order valence-electron chi connectivity index (χ4n) is 2.93. The minimum atomic E-state index is -0.883. The molecule has 0 spiro atoms. The Balaban J connectivity index is 1.76. The SMILES string of the molecule is CSCC[C@@H](NC(=O)N1CC(=O)Nc2ccccc21)C(=O)Nc1ccccc1F. The average molecular weight is 416 g/mol. The lowest BCUT2D eigenvalue weighted by molar-refractivity contribution is -0.118. The molecule has 0 saturated carbocycles. The van der Waals surface area contributed by atoms with E-state index in [1.807, 2.05) is 6.26 Å². The summed E-state index contributed by atoms with van der Waals surface area (Å²) >= 11 is 1.53. The molecular weight excluding hydrogens is 395 g/mol. The molecule has 29 heavy (non-hydrogen) atoms. The van der Waals surface area contributed by atoms with Crippen LogP contribution in [0.1, 0.15) is 6.42 Å². The van der Waals surface area contributed by atoms with Gasteiger partial charge in [0, 0.05) is 0 Å². The number of rotatable bonds is 6. The van der Waals surface area contributed by atoms with Crippen LogP contribution in [0.4, 0.5) is 26.2 Å². The molecule has 9 heteroatoms. The van der Waals surface area contributed by atoms with Crippen LogP contribution in [-0.2, 0) is 9.59 Å². The molecule has 4 amide bonds. The standard InChI is InChI=1S/C20H21FN4O3S/c1-29-11-10-16(19(27)23-14-7-3-2-6-13(14)21)24-20(28)25-12-18(26)22-15-8-4-5-9-17(15)25/h2-9,16H,10-12H2,1H3,(H,22,26)(H,23,27)(H,24,28)/t16-/m1/s1. The number of anilines is 3. The zero-order valence-corrected chi connectivity index (χ0v) is 16.6. The summed E-state index contributed by atoms with van der Waals surface area (Å²) in [6.45, 7) is -0.160. The number of nitrogens with one attached hydrogen (secondary N) is 3. The molecule has 1 aliphatic rings. The smallest absolute Gasteiger partial charge is 0.323 e. The summed E-state index contributed by atoms with van der Waals surface area (Å²) in [5.74, 6) is -0.785. The highest BCUT2D eigenvalue weighted by atomic mass is 32.2. The summed E-state index contributed by atoms with van der Waals surface area (Å²) in [5, 5.41) is 7.91. The van der Waals surface area contributed by atoms with Gasteiger partial charge in [-0.2, -0.15) is 11.8 Å². The second kappa shape index (κ2) is 9.42. The van der Waals surface area contributed by atoms with Gasteiger partial charge in [0.1, 0.15) is 18.4 Å². The van der Waals surface area contributed by atoms with Crippen LogP contribution in [0.3, 0.4) is 0 Å². The zero-order chi connectivity index (χ0) is 20.8. The summed E-state index contributed by atoms with van der Waals surface area (Å²) in [7, 11) is 0. The number of fused-ring (bicyclic) bond motifs is 1. The van der Waals surface area contributed by atoms with Crippen molar-refractivity contribution in [2.75, 3.05) is 34.1 Å². The van der Waals surface area contributed by atoms with E-state index in [4.69, 9.17) is 0 Å². The van der Waals surface area contributed by atoms with Crippen LogP contribution >= 0.6 is 11.8 Å². The van der Waals surface area contributed by atoms with Gasteiger partial charge in [-0.15, -0.1) is 0 Å². The van der Waals surface area contributed by atoms with Gasteiger partial charge < -0.3 is 16.0 Å². The van der Waals surface area contributed by atoms with Gasteiger partial charge in [0.05, 0.1) is 17.1 Å². The van der Waals surface area contributed by atoms with Gasteiger partial charge in [-0.1, -0.05) is 24.3 Å². The van der Waals surface area contributed by atoms with Crippen LogP contribution in [0.5, 0.6) is 0 Å². The second-order valence-corrected chi connectivity index (χ2v) is 7.39. The third-order valence-electron chi connectivity index (χ3n) is 4.37. The predicted molar refractivity (Wildman–Crippen MR) is 113 cm³/mol. The van der Waals surface area contributed by atoms with Gasteiger partial charge in [-0.3, -0.25) is 14.5 Å². The summed E-state index contributed by atoms with van der Waals surface area (Å²) in [4.78, 5) is 38.8. The molecule has 0 radical (unpaired) electrons. The Morgan fingerprint density at radius 1 is 1.21 bits per heavy atom. The second-order valence-electron chi connectivity index (χ2n) is 6.40. The highest BCUT2D eigenvalue weighted by molar-refractivity contribution is 7.98. The van der Waals surface area contributed by atoms with E-state index in [2.05, 4.69) is 16.0 Å². The summed E-state index contributed by atoms with van der Waals surface area (Å²) in [5.41, 5.74) is 1.11. The maximum atomic E-state index is 13.9. The Morgan fingerprint density at radius 3 is 2.69 bits per heavy atom. The van der Waals surface area contributed by atoms with Crippen LogP contribution in [0.2, 0.25) is 0 Å². The number of amides is 4. The third-order valence-corrected chi connectivity index (χ3v) is 5.02. The highest BCUT2D eigenvalue weighted by Gasteiger charge is 2.30. The Hall–Kier alpha value is -3.07. The monoisotopic (exact) mass is 416 g/mol. The Labute approximate surface area is 172 Å². The predicted octanol–water partition coefficient (Wildman–Crippen LogP) is 3.05. The first-order valence-corrected chi connectivity index (χ1v) is 10.4. The number of carbonyl (C=O) groups excluding carboxylic acids is 3. The first-order chi connectivity index (χ1) is 14.0. The van der Waals surface area contributed by atoms with Crippen molar-refractivity contribution in [2.45, 2.75) is 12.5 Å². The van der Waals surface area contributed by atoms with Crippen LogP contribution < -0.4 is 20.9 Å². The Morgan fingerprint density at radius 2 is 1.93 bits per heavy atom. The fraction of sp³-hybridized carbons (Fsp3) is 0.250. The number of carbonyl (C=O) groups is 3. The molecule has 0 saturated heterocycles. The Kier molecular flexibility index (Phi) is 6.71. The molecule has 0 aromatic heterocycles. The molecule has 3 N–H and O–H groups in total. The van der Waals surface area contributed by atoms with E-state index in [1.54, 1.807) is 30.3 Å². The number of benzene rings is 2. The molecule has 2 aromatic rings. The van der Waals surface area contributed by atoms with Gasteiger partial charge in [0.15, 0.2) is 0 Å². The van der Waals surface area contributed by atoms with E-state index in [0.717, 1.165) is 0 Å². The molecule has 0 unspecified atom stereocenters. The van der Waals surface area contributed by atoms with Crippen molar-refractivity contribution in [3.63, 3.8) is 0 Å². The number of halogens is 1. The van der Waals surface area contributed by atoms with E-state index in [1.165, 1.54) is 34.9 Å². The average Bonchev–Trinajstić information content (AvgIpc) is 2.71. The normalized spacial score (nSPS) is 13.9. The minimum absolute atomic E-state index is 0.0450. The van der Waals surface area contributed by atoms with Crippen molar-refractivity contribution in [1.82, 2.24) is 5.32 Å². The van der Waals surface area contributed by atoms with Crippen molar-refractivity contribution in [2.24, 2.45) is 0 Å². The Bertz CT molecular complexity index is 924. The molecule has 1 aliphatic heterocycles. The number of urea groups is 1.